The molecular weight excluding hydrogens is 242 g/mol. The lowest BCUT2D eigenvalue weighted by Gasteiger charge is -2.25. The first-order valence-corrected chi connectivity index (χ1v) is 6.04. The molecule has 0 radical (unpaired) electrons. The maximum atomic E-state index is 9.16. The van der Waals surface area contributed by atoms with Crippen molar-refractivity contribution in [3.8, 4) is 11.5 Å². The normalized spacial score (nSPS) is 15.8. The zero-order valence-electron chi connectivity index (χ0n) is 9.70. The van der Waals surface area contributed by atoms with Crippen molar-refractivity contribution < 1.29 is 14.6 Å². The molecule has 1 unspecified atom stereocenters. The Morgan fingerprint density at radius 2 is 2.06 bits per heavy atom. The number of ether oxygens (including phenoxy) is 2. The Bertz CT molecular complexity index is 423. The van der Waals surface area contributed by atoms with Crippen LogP contribution in [-0.4, -0.2) is 24.9 Å². The van der Waals surface area contributed by atoms with Gasteiger partial charge in [0.15, 0.2) is 11.5 Å². The molecule has 3 N–H and O–H groups in total. The van der Waals surface area contributed by atoms with Crippen molar-refractivity contribution in [3.05, 3.63) is 22.2 Å². The first-order valence-electron chi connectivity index (χ1n) is 5.66. The fraction of sp³-hybridized carbons (Fsp3) is 0.500. The molecule has 17 heavy (non-hydrogen) atoms. The van der Waals surface area contributed by atoms with E-state index < -0.39 is 6.04 Å². The van der Waals surface area contributed by atoms with Gasteiger partial charge in [-0.3, -0.25) is 0 Å². The third-order valence-corrected chi connectivity index (χ3v) is 3.13. The van der Waals surface area contributed by atoms with Crippen molar-refractivity contribution in [2.45, 2.75) is 19.4 Å². The molecule has 0 saturated heterocycles. The SMILES string of the molecule is CCc1c(C(N)CO)cc(Cl)c2c1OCCO2. The summed E-state index contributed by atoms with van der Waals surface area (Å²) < 4.78 is 11.1. The summed E-state index contributed by atoms with van der Waals surface area (Å²) in [6.45, 7) is 2.90. The molecule has 0 bridgehead atoms. The van der Waals surface area contributed by atoms with Gasteiger partial charge in [-0.1, -0.05) is 18.5 Å². The number of halogens is 1. The van der Waals surface area contributed by atoms with E-state index in [9.17, 15) is 0 Å². The topological polar surface area (TPSA) is 64.7 Å². The second kappa shape index (κ2) is 5.12. The van der Waals surface area contributed by atoms with Crippen LogP contribution in [0.25, 0.3) is 0 Å². The fourth-order valence-electron chi connectivity index (χ4n) is 2.03. The van der Waals surface area contributed by atoms with Gasteiger partial charge in [0.2, 0.25) is 0 Å². The second-order valence-corrected chi connectivity index (χ2v) is 4.33. The van der Waals surface area contributed by atoms with Crippen LogP contribution in [0.5, 0.6) is 11.5 Å². The molecule has 94 valence electrons. The summed E-state index contributed by atoms with van der Waals surface area (Å²) in [5, 5.41) is 9.65. The van der Waals surface area contributed by atoms with E-state index in [1.807, 2.05) is 6.92 Å². The van der Waals surface area contributed by atoms with Crippen LogP contribution in [0.1, 0.15) is 24.1 Å². The Hall–Kier alpha value is -0.970. The highest BCUT2D eigenvalue weighted by Crippen LogP contribution is 2.43. The Morgan fingerprint density at radius 3 is 2.65 bits per heavy atom. The molecule has 1 aromatic carbocycles. The van der Waals surface area contributed by atoms with Gasteiger partial charge in [0.1, 0.15) is 13.2 Å². The van der Waals surface area contributed by atoms with Gasteiger partial charge >= 0.3 is 0 Å². The Balaban J connectivity index is 2.57. The van der Waals surface area contributed by atoms with Gasteiger partial charge in [-0.2, -0.15) is 0 Å². The molecule has 2 rings (SSSR count). The van der Waals surface area contributed by atoms with E-state index in [2.05, 4.69) is 0 Å². The molecule has 4 nitrogen and oxygen atoms in total. The standard InChI is InChI=1S/C12H16ClNO3/c1-2-7-8(10(14)6-15)5-9(13)12-11(7)16-3-4-17-12/h5,10,15H,2-4,6,14H2,1H3. The molecule has 0 aromatic heterocycles. The van der Waals surface area contributed by atoms with Crippen molar-refractivity contribution in [3.63, 3.8) is 0 Å². The number of rotatable bonds is 3. The minimum absolute atomic E-state index is 0.122. The third-order valence-electron chi connectivity index (χ3n) is 2.85. The minimum Gasteiger partial charge on any atom is -0.486 e. The quantitative estimate of drug-likeness (QED) is 0.865. The number of nitrogens with two attached hydrogens (primary N) is 1. The molecule has 5 heteroatoms. The molecular formula is C12H16ClNO3. The van der Waals surface area contributed by atoms with Crippen LogP contribution in [0.2, 0.25) is 5.02 Å². The molecule has 1 aliphatic rings. The van der Waals surface area contributed by atoms with Crippen LogP contribution in [0.15, 0.2) is 6.07 Å². The lowest BCUT2D eigenvalue weighted by molar-refractivity contribution is 0.169. The van der Waals surface area contributed by atoms with E-state index >= 15 is 0 Å². The predicted molar refractivity (Wildman–Crippen MR) is 65.8 cm³/mol. The molecule has 0 spiro atoms. The molecule has 1 aliphatic heterocycles. The van der Waals surface area contributed by atoms with Crippen LogP contribution in [-0.2, 0) is 6.42 Å². The molecule has 1 heterocycles. The summed E-state index contributed by atoms with van der Waals surface area (Å²) in [4.78, 5) is 0. The number of aliphatic hydroxyl groups excluding tert-OH is 1. The van der Waals surface area contributed by atoms with Crippen LogP contribution in [0.4, 0.5) is 0 Å². The Kier molecular flexibility index (Phi) is 3.76. The van der Waals surface area contributed by atoms with Gasteiger partial charge in [0.25, 0.3) is 0 Å². The zero-order chi connectivity index (χ0) is 12.4. The van der Waals surface area contributed by atoms with E-state index in [0.29, 0.717) is 29.7 Å². The predicted octanol–water partition coefficient (Wildman–Crippen LogP) is 1.67. The van der Waals surface area contributed by atoms with Crippen LogP contribution < -0.4 is 15.2 Å². The lowest BCUT2D eigenvalue weighted by atomic mass is 9.97. The smallest absolute Gasteiger partial charge is 0.180 e. The molecule has 0 saturated carbocycles. The summed E-state index contributed by atoms with van der Waals surface area (Å²) in [6, 6.07) is 1.31. The van der Waals surface area contributed by atoms with E-state index in [1.165, 1.54) is 0 Å². The fourth-order valence-corrected chi connectivity index (χ4v) is 2.29. The first-order chi connectivity index (χ1) is 8.19. The third kappa shape index (κ3) is 2.20. The highest BCUT2D eigenvalue weighted by Gasteiger charge is 2.24. The van der Waals surface area contributed by atoms with E-state index in [-0.39, 0.29) is 6.61 Å². The zero-order valence-corrected chi connectivity index (χ0v) is 10.5. The molecule has 0 fully saturated rings. The Morgan fingerprint density at radius 1 is 1.41 bits per heavy atom. The summed E-state index contributed by atoms with van der Waals surface area (Å²) in [6.07, 6.45) is 0.756. The van der Waals surface area contributed by atoms with Gasteiger partial charge in [0.05, 0.1) is 17.7 Å². The largest absolute Gasteiger partial charge is 0.486 e. The van der Waals surface area contributed by atoms with E-state index in [1.54, 1.807) is 6.07 Å². The number of hydrogen-bond donors (Lipinski definition) is 2. The highest BCUT2D eigenvalue weighted by molar-refractivity contribution is 6.32. The Labute approximate surface area is 105 Å². The maximum absolute atomic E-state index is 9.16. The minimum atomic E-state index is -0.446. The van der Waals surface area contributed by atoms with Gasteiger partial charge in [-0.15, -0.1) is 0 Å². The van der Waals surface area contributed by atoms with Crippen molar-refractivity contribution in [2.75, 3.05) is 19.8 Å². The van der Waals surface area contributed by atoms with E-state index in [0.717, 1.165) is 17.5 Å². The van der Waals surface area contributed by atoms with Crippen molar-refractivity contribution in [1.82, 2.24) is 0 Å². The molecule has 1 aromatic rings. The van der Waals surface area contributed by atoms with Gasteiger partial charge in [0, 0.05) is 5.56 Å². The monoisotopic (exact) mass is 257 g/mol. The van der Waals surface area contributed by atoms with Crippen molar-refractivity contribution >= 4 is 11.6 Å². The first kappa shape index (κ1) is 12.5. The van der Waals surface area contributed by atoms with Crippen LogP contribution >= 0.6 is 11.6 Å². The average molecular weight is 258 g/mol. The van der Waals surface area contributed by atoms with Gasteiger partial charge in [-0.05, 0) is 18.1 Å². The van der Waals surface area contributed by atoms with Crippen LogP contribution in [0, 0.1) is 0 Å². The van der Waals surface area contributed by atoms with Crippen molar-refractivity contribution in [2.24, 2.45) is 5.73 Å². The summed E-state index contributed by atoms with van der Waals surface area (Å²) in [5.41, 5.74) is 7.65. The summed E-state index contributed by atoms with van der Waals surface area (Å²) in [7, 11) is 0. The molecule has 0 amide bonds. The number of aliphatic hydroxyl groups is 1. The summed E-state index contributed by atoms with van der Waals surface area (Å²) >= 11 is 6.14. The van der Waals surface area contributed by atoms with Gasteiger partial charge < -0.3 is 20.3 Å². The maximum Gasteiger partial charge on any atom is 0.180 e. The van der Waals surface area contributed by atoms with Crippen molar-refractivity contribution in [1.29, 1.82) is 0 Å². The van der Waals surface area contributed by atoms with E-state index in [4.69, 9.17) is 31.9 Å². The average Bonchev–Trinajstić information content (AvgIpc) is 2.38. The summed E-state index contributed by atoms with van der Waals surface area (Å²) in [5.74, 6) is 1.26. The number of fused-ring (bicyclic) bond motifs is 1. The number of benzene rings is 1. The number of hydrogen-bond acceptors (Lipinski definition) is 4. The van der Waals surface area contributed by atoms with Gasteiger partial charge in [-0.25, -0.2) is 0 Å². The highest BCUT2D eigenvalue weighted by atomic mass is 35.5. The molecule has 1 atom stereocenters. The lowest BCUT2D eigenvalue weighted by Crippen LogP contribution is -2.21. The van der Waals surface area contributed by atoms with Crippen LogP contribution in [0.3, 0.4) is 0 Å². The molecule has 0 aliphatic carbocycles. The second-order valence-electron chi connectivity index (χ2n) is 3.92.